The first-order valence-corrected chi connectivity index (χ1v) is 6.72. The molecule has 1 aromatic heterocycles. The van der Waals surface area contributed by atoms with Crippen molar-refractivity contribution in [3.05, 3.63) is 29.6 Å². The summed E-state index contributed by atoms with van der Waals surface area (Å²) in [5, 5.41) is 8.91. The van der Waals surface area contributed by atoms with Crippen molar-refractivity contribution in [1.29, 1.82) is 0 Å². The van der Waals surface area contributed by atoms with Crippen LogP contribution in [0.4, 0.5) is 0 Å². The molecular weight excluding hydrogens is 260 g/mol. The zero-order valence-electron chi connectivity index (χ0n) is 11.4. The third kappa shape index (κ3) is 3.33. The van der Waals surface area contributed by atoms with Crippen molar-refractivity contribution in [2.75, 3.05) is 19.7 Å². The van der Waals surface area contributed by atoms with Crippen molar-refractivity contribution in [3.63, 3.8) is 0 Å². The molecule has 1 aliphatic rings. The molecule has 1 unspecified atom stereocenters. The minimum Gasteiger partial charge on any atom is -0.477 e. The summed E-state index contributed by atoms with van der Waals surface area (Å²) in [6.45, 7) is 3.74. The van der Waals surface area contributed by atoms with E-state index in [9.17, 15) is 9.59 Å². The van der Waals surface area contributed by atoms with Crippen LogP contribution in [0, 0.1) is 0 Å². The monoisotopic (exact) mass is 278 g/mol. The molecule has 0 aliphatic carbocycles. The second kappa shape index (κ2) is 6.47. The second-order valence-electron chi connectivity index (χ2n) is 4.71. The highest BCUT2D eigenvalue weighted by molar-refractivity contribution is 5.96. The van der Waals surface area contributed by atoms with Crippen LogP contribution >= 0.6 is 0 Å². The van der Waals surface area contributed by atoms with Gasteiger partial charge in [0.15, 0.2) is 0 Å². The Morgan fingerprint density at radius 3 is 2.95 bits per heavy atom. The van der Waals surface area contributed by atoms with Gasteiger partial charge in [-0.05, 0) is 31.9 Å². The van der Waals surface area contributed by atoms with E-state index in [-0.39, 0.29) is 17.7 Å². The average molecular weight is 278 g/mol. The maximum Gasteiger partial charge on any atom is 0.354 e. The third-order valence-electron chi connectivity index (χ3n) is 3.34. The third-order valence-corrected chi connectivity index (χ3v) is 3.34. The van der Waals surface area contributed by atoms with Gasteiger partial charge in [-0.2, -0.15) is 0 Å². The highest BCUT2D eigenvalue weighted by Crippen LogP contribution is 2.15. The Hall–Kier alpha value is -1.95. The van der Waals surface area contributed by atoms with Crippen LogP contribution in [0.1, 0.15) is 40.6 Å². The van der Waals surface area contributed by atoms with Crippen molar-refractivity contribution in [2.24, 2.45) is 0 Å². The summed E-state index contributed by atoms with van der Waals surface area (Å²) in [7, 11) is 0. The Bertz CT molecular complexity index is 498. The lowest BCUT2D eigenvalue weighted by molar-refractivity contribution is 0.0539. The van der Waals surface area contributed by atoms with Gasteiger partial charge in [-0.25, -0.2) is 9.78 Å². The molecule has 0 spiro atoms. The van der Waals surface area contributed by atoms with E-state index >= 15 is 0 Å². The maximum absolute atomic E-state index is 12.4. The molecule has 6 nitrogen and oxygen atoms in total. The van der Waals surface area contributed by atoms with Crippen molar-refractivity contribution >= 4 is 11.9 Å². The number of ether oxygens (including phenoxy) is 1. The quantitative estimate of drug-likeness (QED) is 0.881. The van der Waals surface area contributed by atoms with E-state index in [1.54, 1.807) is 4.90 Å². The summed E-state index contributed by atoms with van der Waals surface area (Å²) in [5.41, 5.74) is 0.223. The number of carbonyl (C=O) groups is 2. The largest absolute Gasteiger partial charge is 0.477 e. The van der Waals surface area contributed by atoms with Crippen molar-refractivity contribution in [3.8, 4) is 0 Å². The molecule has 0 radical (unpaired) electrons. The summed E-state index contributed by atoms with van der Waals surface area (Å²) in [6, 6.07) is 2.84. The molecule has 108 valence electrons. The number of aromatic nitrogens is 1. The number of pyridine rings is 1. The fourth-order valence-corrected chi connectivity index (χ4v) is 2.25. The Labute approximate surface area is 117 Å². The SMILES string of the molecule is CCN(CC1CCCO1)C(=O)c1ccnc(C(=O)O)c1. The van der Waals surface area contributed by atoms with Gasteiger partial charge in [-0.3, -0.25) is 4.79 Å². The predicted molar refractivity (Wildman–Crippen MR) is 71.7 cm³/mol. The smallest absolute Gasteiger partial charge is 0.354 e. The zero-order valence-corrected chi connectivity index (χ0v) is 11.4. The van der Waals surface area contributed by atoms with Gasteiger partial charge in [-0.15, -0.1) is 0 Å². The molecule has 2 rings (SSSR count). The minimum absolute atomic E-state index is 0.0830. The molecule has 1 saturated heterocycles. The lowest BCUT2D eigenvalue weighted by Gasteiger charge is -2.24. The van der Waals surface area contributed by atoms with Crippen LogP contribution in [-0.4, -0.2) is 52.7 Å². The minimum atomic E-state index is -1.14. The van der Waals surface area contributed by atoms with Crippen LogP contribution in [0.3, 0.4) is 0 Å². The molecule has 0 bridgehead atoms. The van der Waals surface area contributed by atoms with Crippen LogP contribution in [0.5, 0.6) is 0 Å². The van der Waals surface area contributed by atoms with Crippen molar-refractivity contribution in [1.82, 2.24) is 9.88 Å². The summed E-state index contributed by atoms with van der Waals surface area (Å²) in [5.74, 6) is -1.32. The van der Waals surface area contributed by atoms with Gasteiger partial charge >= 0.3 is 5.97 Å². The highest BCUT2D eigenvalue weighted by Gasteiger charge is 2.23. The van der Waals surface area contributed by atoms with Crippen LogP contribution in [-0.2, 0) is 4.74 Å². The molecule has 0 saturated carbocycles. The first-order chi connectivity index (χ1) is 9.61. The van der Waals surface area contributed by atoms with Crippen molar-refractivity contribution < 1.29 is 19.4 Å². The molecular formula is C14H18N2O4. The van der Waals surface area contributed by atoms with E-state index in [0.717, 1.165) is 19.4 Å². The van der Waals surface area contributed by atoms with E-state index in [1.807, 2.05) is 6.92 Å². The number of hydrogen-bond acceptors (Lipinski definition) is 4. The zero-order chi connectivity index (χ0) is 14.5. The molecule has 20 heavy (non-hydrogen) atoms. The normalized spacial score (nSPS) is 17.9. The molecule has 2 heterocycles. The van der Waals surface area contributed by atoms with Crippen LogP contribution in [0.15, 0.2) is 18.3 Å². The lowest BCUT2D eigenvalue weighted by Crippen LogP contribution is -2.37. The number of nitrogens with zero attached hydrogens (tertiary/aromatic N) is 2. The average Bonchev–Trinajstić information content (AvgIpc) is 2.97. The highest BCUT2D eigenvalue weighted by atomic mass is 16.5. The van der Waals surface area contributed by atoms with Crippen molar-refractivity contribution in [2.45, 2.75) is 25.9 Å². The van der Waals surface area contributed by atoms with E-state index in [1.165, 1.54) is 18.3 Å². The Balaban J connectivity index is 2.10. The molecule has 6 heteroatoms. The second-order valence-corrected chi connectivity index (χ2v) is 4.71. The number of likely N-dealkylation sites (N-methyl/N-ethyl adjacent to an activating group) is 1. The van der Waals surface area contributed by atoms with Gasteiger partial charge in [0.05, 0.1) is 6.10 Å². The summed E-state index contributed by atoms with van der Waals surface area (Å²) >= 11 is 0. The number of amides is 1. The molecule has 1 fully saturated rings. The number of carboxylic acid groups (broad SMARTS) is 1. The fraction of sp³-hybridized carbons (Fsp3) is 0.500. The molecule has 1 amide bonds. The van der Waals surface area contributed by atoms with Gasteiger partial charge in [0.2, 0.25) is 0 Å². The summed E-state index contributed by atoms with van der Waals surface area (Å²) in [6.07, 6.45) is 3.41. The molecule has 1 aromatic rings. The number of carboxylic acids is 1. The number of rotatable bonds is 5. The van der Waals surface area contributed by atoms with E-state index < -0.39 is 5.97 Å². The van der Waals surface area contributed by atoms with Crippen LogP contribution in [0.2, 0.25) is 0 Å². The van der Waals surface area contributed by atoms with E-state index in [0.29, 0.717) is 18.7 Å². The summed E-state index contributed by atoms with van der Waals surface area (Å²) < 4.78 is 5.53. The Morgan fingerprint density at radius 2 is 2.35 bits per heavy atom. The molecule has 1 N–H and O–H groups in total. The lowest BCUT2D eigenvalue weighted by atomic mass is 10.1. The first-order valence-electron chi connectivity index (χ1n) is 6.72. The van der Waals surface area contributed by atoms with Gasteiger partial charge in [-0.1, -0.05) is 0 Å². The number of aromatic carboxylic acids is 1. The predicted octanol–water partition coefficient (Wildman–Crippen LogP) is 1.42. The van der Waals surface area contributed by atoms with Gasteiger partial charge in [0, 0.05) is 31.5 Å². The Morgan fingerprint density at radius 1 is 1.55 bits per heavy atom. The number of carbonyl (C=O) groups excluding carboxylic acids is 1. The molecule has 0 aromatic carbocycles. The fourth-order valence-electron chi connectivity index (χ4n) is 2.25. The first kappa shape index (κ1) is 14.5. The number of hydrogen-bond donors (Lipinski definition) is 1. The van der Waals surface area contributed by atoms with Crippen LogP contribution in [0.25, 0.3) is 0 Å². The topological polar surface area (TPSA) is 79.7 Å². The van der Waals surface area contributed by atoms with Gasteiger partial charge in [0.1, 0.15) is 5.69 Å². The van der Waals surface area contributed by atoms with Gasteiger partial charge in [0.25, 0.3) is 5.91 Å². The summed E-state index contributed by atoms with van der Waals surface area (Å²) in [4.78, 5) is 28.7. The standard InChI is InChI=1S/C14H18N2O4/c1-2-16(9-11-4-3-7-20-11)13(17)10-5-6-15-12(8-10)14(18)19/h5-6,8,11H,2-4,7,9H2,1H3,(H,18,19). The van der Waals surface area contributed by atoms with Gasteiger partial charge < -0.3 is 14.7 Å². The molecule has 1 atom stereocenters. The van der Waals surface area contributed by atoms with E-state index in [2.05, 4.69) is 4.98 Å². The Kier molecular flexibility index (Phi) is 4.68. The van der Waals surface area contributed by atoms with E-state index in [4.69, 9.17) is 9.84 Å². The van der Waals surface area contributed by atoms with Crippen LogP contribution < -0.4 is 0 Å². The molecule has 1 aliphatic heterocycles. The maximum atomic E-state index is 12.4.